The van der Waals surface area contributed by atoms with Gasteiger partial charge in [0.15, 0.2) is 9.84 Å². The van der Waals surface area contributed by atoms with Gasteiger partial charge in [0.25, 0.3) is 0 Å². The SMILES string of the molecule is N#CC1(NC(=O)[C@@H]2C[C@@H](S(=O)(=O)c3ccccc3C(F)(F)F)CN2c2ccc(F)c(Cl)c2)CC1. The van der Waals surface area contributed by atoms with E-state index >= 15 is 0 Å². The molecule has 0 bridgehead atoms. The lowest BCUT2D eigenvalue weighted by Gasteiger charge is -2.27. The molecule has 2 aromatic rings. The summed E-state index contributed by atoms with van der Waals surface area (Å²) in [6, 6.07) is 8.32. The fraction of sp³-hybridized carbons (Fsp3) is 0.364. The predicted octanol–water partition coefficient (Wildman–Crippen LogP) is 4.09. The summed E-state index contributed by atoms with van der Waals surface area (Å²) in [5.74, 6) is -1.36. The number of sulfone groups is 1. The van der Waals surface area contributed by atoms with Gasteiger partial charge < -0.3 is 10.2 Å². The monoisotopic (exact) mass is 515 g/mol. The van der Waals surface area contributed by atoms with Crippen molar-refractivity contribution in [2.24, 2.45) is 0 Å². The number of hydrogen-bond acceptors (Lipinski definition) is 5. The molecule has 6 nitrogen and oxygen atoms in total. The number of halogens is 5. The maximum Gasteiger partial charge on any atom is 0.417 e. The molecular weight excluding hydrogens is 498 g/mol. The van der Waals surface area contributed by atoms with Crippen LogP contribution in [0.1, 0.15) is 24.8 Å². The van der Waals surface area contributed by atoms with E-state index < -0.39 is 55.0 Å². The van der Waals surface area contributed by atoms with Gasteiger partial charge in [-0.15, -0.1) is 0 Å². The lowest BCUT2D eigenvalue weighted by molar-refractivity contribution is -0.139. The van der Waals surface area contributed by atoms with E-state index in [-0.39, 0.29) is 23.7 Å². The van der Waals surface area contributed by atoms with Crippen LogP contribution in [-0.2, 0) is 20.8 Å². The topological polar surface area (TPSA) is 90.3 Å². The predicted molar refractivity (Wildman–Crippen MR) is 115 cm³/mol. The number of carbonyl (C=O) groups excluding carboxylic acids is 1. The van der Waals surface area contributed by atoms with Gasteiger partial charge in [-0.05, 0) is 49.6 Å². The zero-order chi connectivity index (χ0) is 24.9. The number of nitrogens with one attached hydrogen (secondary N) is 1. The molecule has 0 radical (unpaired) electrons. The second kappa shape index (κ2) is 8.43. The van der Waals surface area contributed by atoms with Gasteiger partial charge in [0.1, 0.15) is 17.4 Å². The minimum absolute atomic E-state index is 0.232. The highest BCUT2D eigenvalue weighted by Crippen LogP contribution is 2.40. The van der Waals surface area contributed by atoms with E-state index in [4.69, 9.17) is 11.6 Å². The average molecular weight is 516 g/mol. The maximum atomic E-state index is 13.7. The number of hydrogen-bond donors (Lipinski definition) is 1. The van der Waals surface area contributed by atoms with Crippen LogP contribution in [0.4, 0.5) is 23.2 Å². The Morgan fingerprint density at radius 3 is 2.47 bits per heavy atom. The zero-order valence-corrected chi connectivity index (χ0v) is 19.0. The van der Waals surface area contributed by atoms with Crippen LogP contribution in [0.3, 0.4) is 0 Å². The smallest absolute Gasteiger partial charge is 0.358 e. The first kappa shape index (κ1) is 24.3. The highest BCUT2D eigenvalue weighted by atomic mass is 35.5. The van der Waals surface area contributed by atoms with Gasteiger partial charge >= 0.3 is 6.18 Å². The molecule has 0 aromatic heterocycles. The van der Waals surface area contributed by atoms with Crippen LogP contribution in [-0.4, -0.2) is 37.7 Å². The Bertz CT molecular complexity index is 1290. The van der Waals surface area contributed by atoms with E-state index in [0.29, 0.717) is 18.9 Å². The molecule has 1 amide bonds. The summed E-state index contributed by atoms with van der Waals surface area (Å²) >= 11 is 5.86. The highest BCUT2D eigenvalue weighted by molar-refractivity contribution is 7.92. The first-order chi connectivity index (χ1) is 15.9. The third-order valence-corrected chi connectivity index (χ3v) is 8.54. The van der Waals surface area contributed by atoms with Crippen molar-refractivity contribution in [2.75, 3.05) is 11.4 Å². The van der Waals surface area contributed by atoms with Crippen LogP contribution in [0.25, 0.3) is 0 Å². The molecule has 1 saturated carbocycles. The molecule has 34 heavy (non-hydrogen) atoms. The summed E-state index contributed by atoms with van der Waals surface area (Å²) in [4.78, 5) is 13.5. The van der Waals surface area contributed by atoms with E-state index in [0.717, 1.165) is 18.2 Å². The third-order valence-electron chi connectivity index (χ3n) is 6.06. The number of alkyl halides is 3. The van der Waals surface area contributed by atoms with Gasteiger partial charge in [-0.1, -0.05) is 23.7 Å². The lowest BCUT2D eigenvalue weighted by atomic mass is 10.1. The van der Waals surface area contributed by atoms with Crippen molar-refractivity contribution in [1.82, 2.24) is 5.32 Å². The quantitative estimate of drug-likeness (QED) is 0.606. The fourth-order valence-electron chi connectivity index (χ4n) is 4.06. The van der Waals surface area contributed by atoms with E-state index in [2.05, 4.69) is 5.32 Å². The van der Waals surface area contributed by atoms with Crippen LogP contribution in [0.5, 0.6) is 0 Å². The standard InChI is InChI=1S/C22H18ClF4N3O3S/c23-16-9-13(5-6-17(16)24)30-11-14(10-18(30)20(31)29-21(12-28)7-8-21)34(32,33)19-4-2-1-3-15(19)22(25,26)27/h1-6,9,14,18H,7-8,10-11H2,(H,29,31)/t14-,18+/m1/s1. The van der Waals surface area contributed by atoms with Gasteiger partial charge in [0, 0.05) is 12.2 Å². The van der Waals surface area contributed by atoms with Crippen molar-refractivity contribution < 1.29 is 30.8 Å². The van der Waals surface area contributed by atoms with Gasteiger partial charge in [-0.2, -0.15) is 18.4 Å². The molecule has 1 N–H and O–H groups in total. The molecule has 1 aliphatic heterocycles. The average Bonchev–Trinajstić information content (AvgIpc) is 3.40. The fourth-order valence-corrected chi connectivity index (χ4v) is 6.14. The van der Waals surface area contributed by atoms with Crippen molar-refractivity contribution >= 4 is 33.0 Å². The Morgan fingerprint density at radius 1 is 1.21 bits per heavy atom. The first-order valence-corrected chi connectivity index (χ1v) is 12.2. The summed E-state index contributed by atoms with van der Waals surface area (Å²) in [5, 5.41) is 10.3. The number of anilines is 1. The number of nitriles is 1. The van der Waals surface area contributed by atoms with Crippen molar-refractivity contribution in [1.29, 1.82) is 5.26 Å². The number of carbonyl (C=O) groups is 1. The molecule has 2 atom stereocenters. The van der Waals surface area contributed by atoms with Crippen LogP contribution in [0, 0.1) is 17.1 Å². The van der Waals surface area contributed by atoms with Crippen LogP contribution >= 0.6 is 11.6 Å². The zero-order valence-electron chi connectivity index (χ0n) is 17.4. The van der Waals surface area contributed by atoms with E-state index in [1.165, 1.54) is 23.1 Å². The summed E-state index contributed by atoms with van der Waals surface area (Å²) in [6.07, 6.45) is -4.35. The van der Waals surface area contributed by atoms with Gasteiger partial charge in [-0.25, -0.2) is 12.8 Å². The van der Waals surface area contributed by atoms with Crippen molar-refractivity contribution in [3.63, 3.8) is 0 Å². The molecule has 1 heterocycles. The summed E-state index contributed by atoms with van der Waals surface area (Å²) in [7, 11) is -4.53. The molecule has 12 heteroatoms. The Kier molecular flexibility index (Phi) is 6.02. The second-order valence-electron chi connectivity index (χ2n) is 8.35. The largest absolute Gasteiger partial charge is 0.417 e. The van der Waals surface area contributed by atoms with E-state index in [9.17, 15) is 36.0 Å². The molecule has 4 rings (SSSR count). The van der Waals surface area contributed by atoms with Gasteiger partial charge in [0.2, 0.25) is 5.91 Å². The number of benzene rings is 2. The van der Waals surface area contributed by atoms with Crippen LogP contribution in [0.15, 0.2) is 47.4 Å². The van der Waals surface area contributed by atoms with E-state index in [1.54, 1.807) is 0 Å². The lowest BCUT2D eigenvalue weighted by Crippen LogP contribution is -2.47. The first-order valence-electron chi connectivity index (χ1n) is 10.2. The molecular formula is C22H18ClF4N3O3S. The molecule has 0 spiro atoms. The number of nitrogens with zero attached hydrogens (tertiary/aromatic N) is 2. The Morgan fingerprint density at radius 2 is 1.88 bits per heavy atom. The van der Waals surface area contributed by atoms with Crippen LogP contribution in [0.2, 0.25) is 5.02 Å². The maximum absolute atomic E-state index is 13.7. The van der Waals surface area contributed by atoms with Gasteiger partial charge in [0.05, 0.1) is 26.8 Å². The molecule has 180 valence electrons. The van der Waals surface area contributed by atoms with Crippen LogP contribution < -0.4 is 10.2 Å². The molecule has 1 saturated heterocycles. The normalized spacial score (nSPS) is 21.7. The Balaban J connectivity index is 1.72. The Labute approximate surface area is 198 Å². The number of amides is 1. The van der Waals surface area contributed by atoms with Crippen molar-refractivity contribution in [3.05, 3.63) is 58.9 Å². The molecule has 2 aromatic carbocycles. The van der Waals surface area contributed by atoms with Crippen molar-refractivity contribution in [3.8, 4) is 6.07 Å². The summed E-state index contributed by atoms with van der Waals surface area (Å²) in [6.45, 7) is -0.325. The molecule has 1 aliphatic carbocycles. The number of rotatable bonds is 5. The minimum atomic E-state index is -4.89. The van der Waals surface area contributed by atoms with Gasteiger partial charge in [-0.3, -0.25) is 4.79 Å². The Hall–Kier alpha value is -2.84. The third kappa shape index (κ3) is 4.44. The van der Waals surface area contributed by atoms with Crippen molar-refractivity contribution in [2.45, 2.75) is 47.2 Å². The summed E-state index contributed by atoms with van der Waals surface area (Å²) < 4.78 is 80.9. The van der Waals surface area contributed by atoms with E-state index in [1.807, 2.05) is 6.07 Å². The second-order valence-corrected chi connectivity index (χ2v) is 11.0. The molecule has 2 aliphatic rings. The molecule has 2 fully saturated rings. The molecule has 0 unspecified atom stereocenters. The minimum Gasteiger partial charge on any atom is -0.358 e. The summed E-state index contributed by atoms with van der Waals surface area (Å²) in [5.41, 5.74) is -2.10. The highest BCUT2D eigenvalue weighted by Gasteiger charge is 2.50.